The van der Waals surface area contributed by atoms with Crippen LogP contribution in [0.5, 0.6) is 5.75 Å². The molecule has 150 valence electrons. The van der Waals surface area contributed by atoms with Gasteiger partial charge in [0.2, 0.25) is 5.75 Å². The molecule has 0 heterocycles. The number of carbonyl (C=O) groups excluding carboxylic acids is 1. The predicted octanol–water partition coefficient (Wildman–Crippen LogP) is 3.84. The lowest BCUT2D eigenvalue weighted by atomic mass is 10.1. The topological polar surface area (TPSA) is 128 Å². The fourth-order valence-corrected chi connectivity index (χ4v) is 2.88. The highest BCUT2D eigenvalue weighted by atomic mass is 35.5. The Morgan fingerprint density at radius 2 is 1.97 bits per heavy atom. The fourth-order valence-electron chi connectivity index (χ4n) is 2.66. The first-order chi connectivity index (χ1) is 13.8. The van der Waals surface area contributed by atoms with E-state index in [1.165, 1.54) is 11.9 Å². The molecule has 0 aliphatic rings. The van der Waals surface area contributed by atoms with E-state index in [1.807, 2.05) is 30.3 Å². The molecule has 1 amide bonds. The monoisotopic (exact) mass is 415 g/mol. The minimum absolute atomic E-state index is 0.220. The molecular formula is C20H18ClN3O5. The van der Waals surface area contributed by atoms with Crippen LogP contribution >= 0.6 is 11.6 Å². The smallest absolute Gasteiger partial charge is 0.313 e. The summed E-state index contributed by atoms with van der Waals surface area (Å²) >= 11 is 5.76. The predicted molar refractivity (Wildman–Crippen MR) is 107 cm³/mol. The number of nitriles is 1. The molecule has 0 atom stereocenters. The maximum Gasteiger partial charge on any atom is 0.313 e. The van der Waals surface area contributed by atoms with Crippen molar-refractivity contribution in [3.8, 4) is 11.8 Å². The highest BCUT2D eigenvalue weighted by Gasteiger charge is 2.24. The van der Waals surface area contributed by atoms with Crippen LogP contribution in [0.15, 0.2) is 48.0 Å². The van der Waals surface area contributed by atoms with Gasteiger partial charge in [-0.3, -0.25) is 14.9 Å². The Hall–Kier alpha value is -3.57. The van der Waals surface area contributed by atoms with Crippen molar-refractivity contribution in [2.45, 2.75) is 12.8 Å². The molecule has 0 radical (unpaired) electrons. The van der Waals surface area contributed by atoms with Crippen molar-refractivity contribution in [1.82, 2.24) is 4.90 Å². The molecule has 29 heavy (non-hydrogen) atoms. The van der Waals surface area contributed by atoms with Crippen molar-refractivity contribution < 1.29 is 19.9 Å². The number of carbonyl (C=O) groups is 1. The first kappa shape index (κ1) is 21.7. The third kappa shape index (κ3) is 5.24. The van der Waals surface area contributed by atoms with E-state index in [9.17, 15) is 30.4 Å². The molecule has 2 aromatic rings. The van der Waals surface area contributed by atoms with Crippen LogP contribution in [0.25, 0.3) is 5.76 Å². The molecule has 2 N–H and O–H groups in total. The van der Waals surface area contributed by atoms with Crippen molar-refractivity contribution in [2.24, 2.45) is 0 Å². The number of aliphatic hydroxyl groups excluding tert-OH is 1. The number of rotatable bonds is 7. The zero-order valence-electron chi connectivity index (χ0n) is 15.5. The number of phenols is 1. The van der Waals surface area contributed by atoms with E-state index in [0.717, 1.165) is 24.1 Å². The maximum atomic E-state index is 12.6. The third-order valence-electron chi connectivity index (χ3n) is 4.22. The quantitative estimate of drug-likeness (QED) is 0.232. The average molecular weight is 416 g/mol. The number of nitro benzene ring substituents is 1. The van der Waals surface area contributed by atoms with Crippen LogP contribution in [-0.2, 0) is 11.2 Å². The molecule has 0 saturated heterocycles. The van der Waals surface area contributed by atoms with Gasteiger partial charge in [0.25, 0.3) is 5.91 Å². The van der Waals surface area contributed by atoms with Crippen LogP contribution in [-0.4, -0.2) is 39.5 Å². The lowest BCUT2D eigenvalue weighted by molar-refractivity contribution is -0.385. The zero-order chi connectivity index (χ0) is 21.6. The number of halogens is 1. The summed E-state index contributed by atoms with van der Waals surface area (Å²) in [6.45, 7) is 0.336. The van der Waals surface area contributed by atoms with E-state index >= 15 is 0 Å². The van der Waals surface area contributed by atoms with Crippen molar-refractivity contribution >= 4 is 29.0 Å². The number of aliphatic hydroxyl groups is 1. The first-order valence-electron chi connectivity index (χ1n) is 8.56. The summed E-state index contributed by atoms with van der Waals surface area (Å²) in [6.07, 6.45) is 1.37. The molecular weight excluding hydrogens is 398 g/mol. The SMILES string of the molecule is CN(CCCc1ccccc1)C(=O)/C(C#N)=C(\O)c1cc(Cl)c(O)c([N+](=O)[O-])c1. The number of aromatic hydroxyl groups is 1. The van der Waals surface area contributed by atoms with Gasteiger partial charge < -0.3 is 15.1 Å². The average Bonchev–Trinajstić information content (AvgIpc) is 2.70. The summed E-state index contributed by atoms with van der Waals surface area (Å²) in [6, 6.07) is 13.2. The number of benzene rings is 2. The molecule has 9 heteroatoms. The number of hydrogen-bond donors (Lipinski definition) is 2. The van der Waals surface area contributed by atoms with Gasteiger partial charge in [0, 0.05) is 25.2 Å². The number of hydrogen-bond acceptors (Lipinski definition) is 6. The van der Waals surface area contributed by atoms with Gasteiger partial charge in [0.05, 0.1) is 9.95 Å². The van der Waals surface area contributed by atoms with E-state index < -0.39 is 33.6 Å². The van der Waals surface area contributed by atoms with Gasteiger partial charge in [0.15, 0.2) is 5.57 Å². The Morgan fingerprint density at radius 1 is 1.31 bits per heavy atom. The molecule has 0 fully saturated rings. The molecule has 0 spiro atoms. The lowest BCUT2D eigenvalue weighted by Crippen LogP contribution is -2.29. The van der Waals surface area contributed by atoms with E-state index in [2.05, 4.69) is 0 Å². The van der Waals surface area contributed by atoms with Crippen LogP contribution in [0.1, 0.15) is 17.5 Å². The number of nitrogens with zero attached hydrogens (tertiary/aromatic N) is 3. The van der Waals surface area contributed by atoms with Crippen LogP contribution in [0.2, 0.25) is 5.02 Å². The minimum Gasteiger partial charge on any atom is -0.506 e. The largest absolute Gasteiger partial charge is 0.506 e. The van der Waals surface area contributed by atoms with Crippen LogP contribution < -0.4 is 0 Å². The Labute approximate surface area is 172 Å². The Balaban J connectivity index is 2.21. The minimum atomic E-state index is -0.887. The van der Waals surface area contributed by atoms with Gasteiger partial charge in [-0.05, 0) is 24.5 Å². The molecule has 0 bridgehead atoms. The van der Waals surface area contributed by atoms with Crippen molar-refractivity contribution in [3.05, 3.63) is 74.3 Å². The van der Waals surface area contributed by atoms with Crippen molar-refractivity contribution in [2.75, 3.05) is 13.6 Å². The molecule has 2 rings (SSSR count). The lowest BCUT2D eigenvalue weighted by Gasteiger charge is -2.17. The normalized spacial score (nSPS) is 11.3. The van der Waals surface area contributed by atoms with Gasteiger partial charge in [-0.25, -0.2) is 0 Å². The summed E-state index contributed by atoms with van der Waals surface area (Å²) in [5, 5.41) is 40.0. The molecule has 0 unspecified atom stereocenters. The van der Waals surface area contributed by atoms with E-state index in [4.69, 9.17) is 11.6 Å². The number of aryl methyl sites for hydroxylation is 1. The number of nitro groups is 1. The van der Waals surface area contributed by atoms with Crippen LogP contribution in [0, 0.1) is 21.4 Å². The molecule has 8 nitrogen and oxygen atoms in total. The number of phenolic OH excluding ortho intramolecular Hbond substituents is 1. The van der Waals surface area contributed by atoms with Gasteiger partial charge in [-0.15, -0.1) is 0 Å². The second-order valence-electron chi connectivity index (χ2n) is 6.23. The van der Waals surface area contributed by atoms with Gasteiger partial charge in [0.1, 0.15) is 11.8 Å². The van der Waals surface area contributed by atoms with E-state index in [1.54, 1.807) is 6.07 Å². The van der Waals surface area contributed by atoms with Crippen molar-refractivity contribution in [3.63, 3.8) is 0 Å². The standard InChI is InChI=1S/C20H18ClN3O5/c1-23(9-5-8-13-6-3-2-4-7-13)20(27)15(12-22)18(25)14-10-16(21)19(26)17(11-14)24(28)29/h2-4,6-7,10-11,25-26H,5,8-9H2,1H3/b18-15-. The Bertz CT molecular complexity index is 999. The molecule has 0 aromatic heterocycles. The molecule has 0 aliphatic heterocycles. The highest BCUT2D eigenvalue weighted by molar-refractivity contribution is 6.32. The second kappa shape index (κ2) is 9.57. The van der Waals surface area contributed by atoms with E-state index in [0.29, 0.717) is 13.0 Å². The summed E-state index contributed by atoms with van der Waals surface area (Å²) < 4.78 is 0. The number of likely N-dealkylation sites (N-methyl/N-ethyl adjacent to an activating group) is 1. The fraction of sp³-hybridized carbons (Fsp3) is 0.200. The summed E-state index contributed by atoms with van der Waals surface area (Å²) in [7, 11) is 1.49. The molecule has 2 aromatic carbocycles. The summed E-state index contributed by atoms with van der Waals surface area (Å²) in [5.41, 5.74) is -0.441. The van der Waals surface area contributed by atoms with E-state index in [-0.39, 0.29) is 10.6 Å². The third-order valence-corrected chi connectivity index (χ3v) is 4.51. The second-order valence-corrected chi connectivity index (χ2v) is 6.64. The van der Waals surface area contributed by atoms with Crippen LogP contribution in [0.4, 0.5) is 5.69 Å². The van der Waals surface area contributed by atoms with Crippen LogP contribution in [0.3, 0.4) is 0 Å². The van der Waals surface area contributed by atoms with Gasteiger partial charge in [-0.1, -0.05) is 41.9 Å². The Kier molecular flexibility index (Phi) is 7.17. The molecule has 0 saturated carbocycles. The zero-order valence-corrected chi connectivity index (χ0v) is 16.3. The highest BCUT2D eigenvalue weighted by Crippen LogP contribution is 2.36. The van der Waals surface area contributed by atoms with Crippen molar-refractivity contribution in [1.29, 1.82) is 5.26 Å². The first-order valence-corrected chi connectivity index (χ1v) is 8.94. The maximum absolute atomic E-state index is 12.6. The van der Waals surface area contributed by atoms with Gasteiger partial charge in [-0.2, -0.15) is 5.26 Å². The summed E-state index contributed by atoms with van der Waals surface area (Å²) in [5.74, 6) is -2.25. The number of amides is 1. The summed E-state index contributed by atoms with van der Waals surface area (Å²) in [4.78, 5) is 24.0. The van der Waals surface area contributed by atoms with Gasteiger partial charge >= 0.3 is 5.69 Å². The molecule has 0 aliphatic carbocycles. The Morgan fingerprint density at radius 3 is 2.55 bits per heavy atom.